The minimum absolute atomic E-state index is 0.232. The summed E-state index contributed by atoms with van der Waals surface area (Å²) in [5, 5.41) is 5.62. The summed E-state index contributed by atoms with van der Waals surface area (Å²) in [5.74, 6) is 0. The molecule has 0 fully saturated rings. The molecule has 0 bridgehead atoms. The van der Waals surface area contributed by atoms with Crippen molar-refractivity contribution in [3.05, 3.63) is 54.4 Å². The third-order valence-corrected chi connectivity index (χ3v) is 3.99. The highest BCUT2D eigenvalue weighted by Crippen LogP contribution is 2.17. The van der Waals surface area contributed by atoms with E-state index in [0.29, 0.717) is 6.54 Å². The molecule has 2 rings (SSSR count). The van der Waals surface area contributed by atoms with E-state index in [-0.39, 0.29) is 6.03 Å². The molecule has 0 saturated heterocycles. The van der Waals surface area contributed by atoms with Crippen molar-refractivity contribution in [2.45, 2.75) is 17.9 Å². The van der Waals surface area contributed by atoms with Crippen LogP contribution in [0.15, 0.2) is 53.7 Å². The maximum absolute atomic E-state index is 11.9. The molecule has 0 spiro atoms. The van der Waals surface area contributed by atoms with Gasteiger partial charge in [0.2, 0.25) is 0 Å². The number of benzene rings is 1. The molecule has 0 aliphatic carbocycles. The van der Waals surface area contributed by atoms with Crippen LogP contribution in [0.4, 0.5) is 10.5 Å². The number of hydrogen-bond donors (Lipinski definition) is 3. The zero-order chi connectivity index (χ0) is 17.0. The van der Waals surface area contributed by atoms with Crippen molar-refractivity contribution >= 4 is 23.7 Å². The molecule has 6 nitrogen and oxygen atoms in total. The van der Waals surface area contributed by atoms with Crippen LogP contribution in [-0.2, 0) is 11.3 Å². The molecule has 0 unspecified atom stereocenters. The first-order valence-corrected chi connectivity index (χ1v) is 8.52. The minimum atomic E-state index is -0.232. The first kappa shape index (κ1) is 18.3. The number of amides is 2. The second-order valence-corrected chi connectivity index (χ2v) is 5.99. The van der Waals surface area contributed by atoms with Crippen LogP contribution in [0.1, 0.15) is 12.0 Å². The van der Waals surface area contributed by atoms with Gasteiger partial charge in [-0.25, -0.2) is 4.79 Å². The Kier molecular flexibility index (Phi) is 8.09. The van der Waals surface area contributed by atoms with E-state index in [1.54, 1.807) is 31.5 Å². The first-order chi connectivity index (χ1) is 11.8. The molecule has 24 heavy (non-hydrogen) atoms. The maximum Gasteiger partial charge on any atom is 0.319 e. The third-order valence-electron chi connectivity index (χ3n) is 3.13. The van der Waals surface area contributed by atoms with Gasteiger partial charge in [0.25, 0.3) is 0 Å². The molecule has 0 saturated carbocycles. The smallest absolute Gasteiger partial charge is 0.319 e. The van der Waals surface area contributed by atoms with E-state index in [2.05, 4.69) is 20.3 Å². The predicted molar refractivity (Wildman–Crippen MR) is 96.9 cm³/mol. The van der Waals surface area contributed by atoms with Gasteiger partial charge in [-0.2, -0.15) is 0 Å². The number of methoxy groups -OCH3 is 1. The predicted octanol–water partition coefficient (Wildman–Crippen LogP) is 3.04. The number of carbonyl (C=O) groups excluding carboxylic acids is 1. The molecular weight excluding hydrogens is 324 g/mol. The summed E-state index contributed by atoms with van der Waals surface area (Å²) in [6, 6.07) is 11.2. The number of carbonyl (C=O) groups is 1. The molecule has 7 heteroatoms. The maximum atomic E-state index is 11.9. The number of urea groups is 1. The van der Waals surface area contributed by atoms with E-state index >= 15 is 0 Å². The summed E-state index contributed by atoms with van der Waals surface area (Å²) in [7, 11) is 1.70. The van der Waals surface area contributed by atoms with Crippen molar-refractivity contribution in [2.75, 3.05) is 25.6 Å². The second kappa shape index (κ2) is 10.6. The van der Waals surface area contributed by atoms with Gasteiger partial charge in [-0.3, -0.25) is 9.71 Å². The van der Waals surface area contributed by atoms with Crippen LogP contribution in [0.25, 0.3) is 0 Å². The van der Waals surface area contributed by atoms with E-state index in [1.165, 1.54) is 0 Å². The Morgan fingerprint density at radius 3 is 2.62 bits per heavy atom. The van der Waals surface area contributed by atoms with Crippen molar-refractivity contribution in [3.8, 4) is 0 Å². The van der Waals surface area contributed by atoms with E-state index in [1.807, 2.05) is 36.4 Å². The van der Waals surface area contributed by atoms with Crippen molar-refractivity contribution in [2.24, 2.45) is 0 Å². The Hall–Kier alpha value is -2.09. The lowest BCUT2D eigenvalue weighted by Crippen LogP contribution is -2.28. The SMILES string of the molecule is COCCCNSc1ccc(NC(=O)NCc2ccncc2)cc1. The zero-order valence-electron chi connectivity index (χ0n) is 13.6. The fraction of sp³-hybridized carbons (Fsp3) is 0.294. The van der Waals surface area contributed by atoms with Crippen LogP contribution in [-0.4, -0.2) is 31.3 Å². The molecular formula is C17H22N4O2S. The van der Waals surface area contributed by atoms with Gasteiger partial charge in [0.15, 0.2) is 0 Å². The monoisotopic (exact) mass is 346 g/mol. The topological polar surface area (TPSA) is 75.3 Å². The molecule has 1 aromatic heterocycles. The van der Waals surface area contributed by atoms with Gasteiger partial charge in [0, 0.05) is 49.8 Å². The van der Waals surface area contributed by atoms with Crippen molar-refractivity contribution < 1.29 is 9.53 Å². The van der Waals surface area contributed by atoms with E-state index in [4.69, 9.17) is 4.74 Å². The minimum Gasteiger partial charge on any atom is -0.385 e. The molecule has 0 aliphatic heterocycles. The van der Waals surface area contributed by atoms with Gasteiger partial charge in [-0.05, 0) is 60.3 Å². The van der Waals surface area contributed by atoms with Crippen molar-refractivity contribution in [1.29, 1.82) is 0 Å². The molecule has 2 amide bonds. The highest BCUT2D eigenvalue weighted by molar-refractivity contribution is 7.97. The average molecular weight is 346 g/mol. The van der Waals surface area contributed by atoms with Gasteiger partial charge in [0.05, 0.1) is 0 Å². The summed E-state index contributed by atoms with van der Waals surface area (Å²) >= 11 is 1.57. The number of pyridine rings is 1. The summed E-state index contributed by atoms with van der Waals surface area (Å²) in [6.45, 7) is 2.11. The molecule has 128 valence electrons. The quantitative estimate of drug-likeness (QED) is 0.481. The van der Waals surface area contributed by atoms with Gasteiger partial charge in [0.1, 0.15) is 0 Å². The Morgan fingerprint density at radius 1 is 1.17 bits per heavy atom. The normalized spacial score (nSPS) is 10.4. The fourth-order valence-electron chi connectivity index (χ4n) is 1.89. The fourth-order valence-corrected chi connectivity index (χ4v) is 2.57. The zero-order valence-corrected chi connectivity index (χ0v) is 14.4. The Labute approximate surface area is 146 Å². The summed E-state index contributed by atoms with van der Waals surface area (Å²) in [5.41, 5.74) is 1.76. The second-order valence-electron chi connectivity index (χ2n) is 5.03. The Balaban J connectivity index is 1.69. The standard InChI is InChI=1S/C17H22N4O2S/c1-23-12-2-9-20-24-16-5-3-15(4-6-16)21-17(22)19-13-14-7-10-18-11-8-14/h3-8,10-11,20H,2,9,12-13H2,1H3,(H2,19,21,22). The van der Waals surface area contributed by atoms with Gasteiger partial charge < -0.3 is 15.4 Å². The molecule has 0 atom stereocenters. The van der Waals surface area contributed by atoms with Gasteiger partial charge >= 0.3 is 6.03 Å². The molecule has 0 aliphatic rings. The molecule has 1 heterocycles. The van der Waals surface area contributed by atoms with E-state index in [0.717, 1.165) is 35.7 Å². The first-order valence-electron chi connectivity index (χ1n) is 7.70. The van der Waals surface area contributed by atoms with Crippen molar-refractivity contribution in [3.63, 3.8) is 0 Å². The van der Waals surface area contributed by atoms with Gasteiger partial charge in [-0.1, -0.05) is 0 Å². The molecule has 0 radical (unpaired) electrons. The number of hydrogen-bond acceptors (Lipinski definition) is 5. The number of aromatic nitrogens is 1. The number of rotatable bonds is 9. The van der Waals surface area contributed by atoms with Crippen LogP contribution in [0.2, 0.25) is 0 Å². The van der Waals surface area contributed by atoms with Crippen LogP contribution in [0.5, 0.6) is 0 Å². The van der Waals surface area contributed by atoms with Crippen LogP contribution in [0.3, 0.4) is 0 Å². The van der Waals surface area contributed by atoms with E-state index < -0.39 is 0 Å². The third kappa shape index (κ3) is 6.99. The van der Waals surface area contributed by atoms with Crippen LogP contribution in [0, 0.1) is 0 Å². The summed E-state index contributed by atoms with van der Waals surface area (Å²) in [6.07, 6.45) is 4.38. The number of anilines is 1. The Bertz CT molecular complexity index is 608. The van der Waals surface area contributed by atoms with E-state index in [9.17, 15) is 4.79 Å². The van der Waals surface area contributed by atoms with Gasteiger partial charge in [-0.15, -0.1) is 0 Å². The van der Waals surface area contributed by atoms with Crippen LogP contribution >= 0.6 is 11.9 Å². The lowest BCUT2D eigenvalue weighted by atomic mass is 10.3. The summed E-state index contributed by atoms with van der Waals surface area (Å²) in [4.78, 5) is 16.9. The highest BCUT2D eigenvalue weighted by Gasteiger charge is 2.02. The lowest BCUT2D eigenvalue weighted by molar-refractivity contribution is 0.196. The molecule has 2 aromatic rings. The Morgan fingerprint density at radius 2 is 1.92 bits per heavy atom. The molecule has 3 N–H and O–H groups in total. The average Bonchev–Trinajstić information content (AvgIpc) is 2.62. The number of nitrogens with zero attached hydrogens (tertiary/aromatic N) is 1. The summed E-state index contributed by atoms with van der Waals surface area (Å²) < 4.78 is 8.26. The number of ether oxygens (including phenoxy) is 1. The molecule has 1 aromatic carbocycles. The lowest BCUT2D eigenvalue weighted by Gasteiger charge is -2.08. The highest BCUT2D eigenvalue weighted by atomic mass is 32.2. The van der Waals surface area contributed by atoms with Crippen LogP contribution < -0.4 is 15.4 Å². The van der Waals surface area contributed by atoms with Crippen molar-refractivity contribution in [1.82, 2.24) is 15.0 Å². The largest absolute Gasteiger partial charge is 0.385 e. The number of nitrogens with one attached hydrogen (secondary N) is 3.